The van der Waals surface area contributed by atoms with Gasteiger partial charge in [0.2, 0.25) is 5.88 Å². The van der Waals surface area contributed by atoms with E-state index in [1.54, 1.807) is 12.1 Å². The number of alkyl halides is 1. The van der Waals surface area contributed by atoms with Gasteiger partial charge in [0.25, 0.3) is 0 Å². The molecular weight excluding hydrogens is 338 g/mol. The molecule has 0 amide bonds. The molecule has 0 aliphatic heterocycles. The lowest BCUT2D eigenvalue weighted by Crippen LogP contribution is -1.94. The van der Waals surface area contributed by atoms with Crippen molar-refractivity contribution in [2.45, 2.75) is 5.88 Å². The molecule has 82 valence electrons. The number of hydrogen-bond donors (Lipinski definition) is 0. The fourth-order valence-corrected chi connectivity index (χ4v) is 1.75. The normalized spacial score (nSPS) is 10.1. The smallest absolute Gasteiger partial charge is 0.238 e. The first kappa shape index (κ1) is 11.6. The molecule has 0 unspecified atom stereocenters. The molecule has 0 radical (unpaired) electrons. The number of ether oxygens (including phenoxy) is 1. The molecule has 0 N–H and O–H groups in total. The van der Waals surface area contributed by atoms with Gasteiger partial charge < -0.3 is 4.74 Å². The Hall–Kier alpha value is -0.880. The second-order valence-corrected chi connectivity index (χ2v) is 4.46. The SMILES string of the molecule is ClCc1ccc(Oc2ccccc2I)nn1. The Morgan fingerprint density at radius 3 is 2.56 bits per heavy atom. The van der Waals surface area contributed by atoms with Gasteiger partial charge in [-0.3, -0.25) is 0 Å². The van der Waals surface area contributed by atoms with E-state index in [2.05, 4.69) is 32.8 Å². The summed E-state index contributed by atoms with van der Waals surface area (Å²) in [6.07, 6.45) is 0. The predicted molar refractivity (Wildman–Crippen MR) is 70.8 cm³/mol. The van der Waals surface area contributed by atoms with Gasteiger partial charge in [-0.25, -0.2) is 0 Å². The Bertz CT molecular complexity index is 476. The van der Waals surface area contributed by atoms with Gasteiger partial charge in [-0.05, 0) is 40.8 Å². The minimum Gasteiger partial charge on any atom is -0.436 e. The lowest BCUT2D eigenvalue weighted by Gasteiger charge is -2.05. The van der Waals surface area contributed by atoms with Crippen molar-refractivity contribution in [3.8, 4) is 11.6 Å². The number of halogens is 2. The van der Waals surface area contributed by atoms with Crippen LogP contribution in [0.3, 0.4) is 0 Å². The first-order valence-electron chi connectivity index (χ1n) is 4.60. The Morgan fingerprint density at radius 1 is 1.12 bits per heavy atom. The van der Waals surface area contributed by atoms with Crippen molar-refractivity contribution in [1.82, 2.24) is 10.2 Å². The number of para-hydroxylation sites is 1. The zero-order valence-corrected chi connectivity index (χ0v) is 11.1. The van der Waals surface area contributed by atoms with Crippen LogP contribution in [0, 0.1) is 3.57 Å². The molecular formula is C11H8ClIN2O. The summed E-state index contributed by atoms with van der Waals surface area (Å²) in [4.78, 5) is 0. The van der Waals surface area contributed by atoms with E-state index in [-0.39, 0.29) is 0 Å². The molecule has 0 fully saturated rings. The minimum atomic E-state index is 0.357. The van der Waals surface area contributed by atoms with Crippen LogP contribution in [0.5, 0.6) is 11.6 Å². The van der Waals surface area contributed by atoms with Gasteiger partial charge in [-0.15, -0.1) is 16.7 Å². The van der Waals surface area contributed by atoms with Gasteiger partial charge >= 0.3 is 0 Å². The lowest BCUT2D eigenvalue weighted by atomic mass is 10.3. The first-order valence-corrected chi connectivity index (χ1v) is 6.22. The summed E-state index contributed by atoms with van der Waals surface area (Å²) < 4.78 is 6.62. The van der Waals surface area contributed by atoms with Crippen LogP contribution in [0.25, 0.3) is 0 Å². The van der Waals surface area contributed by atoms with Crippen molar-refractivity contribution >= 4 is 34.2 Å². The average Bonchev–Trinajstić information content (AvgIpc) is 2.33. The fourth-order valence-electron chi connectivity index (χ4n) is 1.11. The predicted octanol–water partition coefficient (Wildman–Crippen LogP) is 3.61. The summed E-state index contributed by atoms with van der Waals surface area (Å²) in [5.41, 5.74) is 0.733. The zero-order valence-electron chi connectivity index (χ0n) is 8.23. The number of aromatic nitrogens is 2. The number of nitrogens with zero attached hydrogens (tertiary/aromatic N) is 2. The molecule has 0 spiro atoms. The second kappa shape index (κ2) is 5.45. The third-order valence-corrected chi connectivity index (χ3v) is 3.05. The summed E-state index contributed by atoms with van der Waals surface area (Å²) in [6, 6.07) is 11.3. The van der Waals surface area contributed by atoms with E-state index in [0.717, 1.165) is 15.0 Å². The van der Waals surface area contributed by atoms with Crippen LogP contribution < -0.4 is 4.74 Å². The molecule has 0 atom stereocenters. The van der Waals surface area contributed by atoms with Crippen molar-refractivity contribution in [3.63, 3.8) is 0 Å². The molecule has 1 aromatic carbocycles. The molecule has 0 saturated heterocycles. The van der Waals surface area contributed by atoms with Gasteiger partial charge in [0.05, 0.1) is 15.1 Å². The zero-order chi connectivity index (χ0) is 11.4. The maximum absolute atomic E-state index is 5.62. The summed E-state index contributed by atoms with van der Waals surface area (Å²) in [6.45, 7) is 0. The largest absolute Gasteiger partial charge is 0.436 e. The summed E-state index contributed by atoms with van der Waals surface area (Å²) >= 11 is 7.83. The fraction of sp³-hybridized carbons (Fsp3) is 0.0909. The molecule has 0 aliphatic carbocycles. The Kier molecular flexibility index (Phi) is 3.95. The van der Waals surface area contributed by atoms with Crippen LogP contribution in [0.15, 0.2) is 36.4 Å². The summed E-state index contributed by atoms with van der Waals surface area (Å²) in [5, 5.41) is 7.84. The van der Waals surface area contributed by atoms with Gasteiger partial charge in [-0.1, -0.05) is 12.1 Å². The number of benzene rings is 1. The van der Waals surface area contributed by atoms with Crippen molar-refractivity contribution in [2.75, 3.05) is 0 Å². The third kappa shape index (κ3) is 2.82. The molecule has 2 aromatic rings. The highest BCUT2D eigenvalue weighted by Crippen LogP contribution is 2.24. The van der Waals surface area contributed by atoms with Crippen LogP contribution in [0.1, 0.15) is 5.69 Å². The van der Waals surface area contributed by atoms with E-state index < -0.39 is 0 Å². The maximum Gasteiger partial charge on any atom is 0.238 e. The monoisotopic (exact) mass is 346 g/mol. The lowest BCUT2D eigenvalue weighted by molar-refractivity contribution is 0.451. The molecule has 0 aliphatic rings. The third-order valence-electron chi connectivity index (χ3n) is 1.88. The molecule has 0 bridgehead atoms. The van der Waals surface area contributed by atoms with E-state index >= 15 is 0 Å². The van der Waals surface area contributed by atoms with Crippen LogP contribution >= 0.6 is 34.2 Å². The Balaban J connectivity index is 2.18. The first-order chi connectivity index (χ1) is 7.79. The van der Waals surface area contributed by atoms with E-state index in [4.69, 9.17) is 16.3 Å². The van der Waals surface area contributed by atoms with E-state index in [1.807, 2.05) is 24.3 Å². The second-order valence-electron chi connectivity index (χ2n) is 3.03. The number of hydrogen-bond acceptors (Lipinski definition) is 3. The van der Waals surface area contributed by atoms with Crippen LogP contribution in [0.4, 0.5) is 0 Å². The molecule has 1 heterocycles. The van der Waals surface area contributed by atoms with Crippen LogP contribution in [0.2, 0.25) is 0 Å². The molecule has 3 nitrogen and oxygen atoms in total. The average molecular weight is 347 g/mol. The standard InChI is InChI=1S/C11H8ClIN2O/c12-7-8-5-6-11(15-14-8)16-10-4-2-1-3-9(10)13/h1-6H,7H2. The van der Waals surface area contributed by atoms with Crippen molar-refractivity contribution in [3.05, 3.63) is 45.7 Å². The van der Waals surface area contributed by atoms with Crippen molar-refractivity contribution in [2.24, 2.45) is 0 Å². The van der Waals surface area contributed by atoms with E-state index in [9.17, 15) is 0 Å². The Morgan fingerprint density at radius 2 is 1.94 bits per heavy atom. The van der Waals surface area contributed by atoms with Gasteiger partial charge in [0, 0.05) is 6.07 Å². The van der Waals surface area contributed by atoms with E-state index in [0.29, 0.717) is 11.8 Å². The van der Waals surface area contributed by atoms with Gasteiger partial charge in [-0.2, -0.15) is 5.10 Å². The van der Waals surface area contributed by atoms with E-state index in [1.165, 1.54) is 0 Å². The van der Waals surface area contributed by atoms with Crippen LogP contribution in [-0.4, -0.2) is 10.2 Å². The molecule has 2 rings (SSSR count). The maximum atomic E-state index is 5.62. The molecule has 1 aromatic heterocycles. The quantitative estimate of drug-likeness (QED) is 0.629. The summed E-state index contributed by atoms with van der Waals surface area (Å²) in [7, 11) is 0. The Labute approximate surface area is 112 Å². The summed E-state index contributed by atoms with van der Waals surface area (Å²) in [5.74, 6) is 1.60. The molecule has 5 heteroatoms. The van der Waals surface area contributed by atoms with Gasteiger partial charge in [0.15, 0.2) is 0 Å². The van der Waals surface area contributed by atoms with Gasteiger partial charge in [0.1, 0.15) is 5.75 Å². The van der Waals surface area contributed by atoms with Crippen molar-refractivity contribution in [1.29, 1.82) is 0 Å². The van der Waals surface area contributed by atoms with Crippen molar-refractivity contribution < 1.29 is 4.74 Å². The number of rotatable bonds is 3. The van der Waals surface area contributed by atoms with Crippen LogP contribution in [-0.2, 0) is 5.88 Å². The minimum absolute atomic E-state index is 0.357. The highest BCUT2D eigenvalue weighted by molar-refractivity contribution is 14.1. The highest BCUT2D eigenvalue weighted by Gasteiger charge is 2.03. The highest BCUT2D eigenvalue weighted by atomic mass is 127. The topological polar surface area (TPSA) is 35.0 Å². The molecule has 16 heavy (non-hydrogen) atoms. The molecule has 0 saturated carbocycles.